The molecule has 0 heterocycles. The van der Waals surface area contributed by atoms with Gasteiger partial charge in [-0.15, -0.1) is 0 Å². The van der Waals surface area contributed by atoms with E-state index < -0.39 is 0 Å². The summed E-state index contributed by atoms with van der Waals surface area (Å²) in [5, 5.41) is 3.02. The first-order valence-electron chi connectivity index (χ1n) is 8.13. The summed E-state index contributed by atoms with van der Waals surface area (Å²) in [6.45, 7) is 10.3. The van der Waals surface area contributed by atoms with E-state index in [0.717, 1.165) is 18.5 Å². The van der Waals surface area contributed by atoms with Crippen LogP contribution in [0.1, 0.15) is 72.9 Å². The number of hydrogen-bond donors (Lipinski definition) is 1. The average molecular weight is 279 g/mol. The number of rotatable bonds is 7. The molecule has 0 aromatic heterocycles. The fourth-order valence-electron chi connectivity index (χ4n) is 2.17. The largest absolute Gasteiger partial charge is 0.326 e. The highest BCUT2D eigenvalue weighted by molar-refractivity contribution is 5.91. The van der Waals surface area contributed by atoms with Crippen molar-refractivity contribution in [2.24, 2.45) is 0 Å². The number of anilines is 1. The highest BCUT2D eigenvalue weighted by Crippen LogP contribution is 2.23. The number of amides is 1. The highest BCUT2D eigenvalue weighted by atomic mass is 16.1. The van der Waals surface area contributed by atoms with Crippen molar-refractivity contribution in [3.05, 3.63) is 29.3 Å². The molecule has 1 N–H and O–H groups in total. The zero-order chi connectivity index (χ0) is 15.4. The monoisotopic (exact) mass is 279 g/mol. The maximum absolute atomic E-state index is 11.6. The summed E-state index contributed by atoms with van der Waals surface area (Å²) in [6.07, 6.45) is 6.30. The molecule has 0 bridgehead atoms. The van der Waals surface area contributed by atoms with Gasteiger partial charge >= 0.3 is 0 Å². The number of benzene rings is 1. The number of nitrogens with one attached hydrogen (secondary N) is 1. The van der Waals surface area contributed by atoms with E-state index in [1.807, 2.05) is 32.9 Å². The standard InChI is InChI=1S/C16H25NO.C2H6.H2/c1-4-7-8-11-14-13(5-2)10-9-12-15(14)17-16(18)6-3;1-2;/h9-10,12H,4-8,11H2,1-3H3,(H,17,18);1-2H3;1H. The molecule has 0 aliphatic carbocycles. The van der Waals surface area contributed by atoms with E-state index in [1.54, 1.807) is 0 Å². The third-order valence-corrected chi connectivity index (χ3v) is 3.28. The van der Waals surface area contributed by atoms with Gasteiger partial charge in [-0.2, -0.15) is 0 Å². The first-order valence-corrected chi connectivity index (χ1v) is 8.13. The van der Waals surface area contributed by atoms with Gasteiger partial charge in [0.25, 0.3) is 0 Å². The number of carbonyl (C=O) groups is 1. The normalized spacial score (nSPS) is 9.65. The summed E-state index contributed by atoms with van der Waals surface area (Å²) in [6, 6.07) is 6.23. The molecule has 0 saturated carbocycles. The van der Waals surface area contributed by atoms with Crippen LogP contribution in [0.15, 0.2) is 18.2 Å². The Morgan fingerprint density at radius 1 is 1.15 bits per heavy atom. The minimum absolute atomic E-state index is 0. The molecular formula is C18H33NO. The Morgan fingerprint density at radius 2 is 1.85 bits per heavy atom. The van der Waals surface area contributed by atoms with Crippen LogP contribution in [0.25, 0.3) is 0 Å². The lowest BCUT2D eigenvalue weighted by molar-refractivity contribution is -0.115. The second-order valence-electron chi connectivity index (χ2n) is 4.66. The van der Waals surface area contributed by atoms with E-state index >= 15 is 0 Å². The lowest BCUT2D eigenvalue weighted by Crippen LogP contribution is -2.12. The third-order valence-electron chi connectivity index (χ3n) is 3.28. The zero-order valence-corrected chi connectivity index (χ0v) is 13.9. The number of carbonyl (C=O) groups excluding carboxylic acids is 1. The molecule has 1 aromatic carbocycles. The van der Waals surface area contributed by atoms with Gasteiger partial charge in [0.15, 0.2) is 0 Å². The summed E-state index contributed by atoms with van der Waals surface area (Å²) in [5.74, 6) is 0.0972. The molecule has 0 unspecified atom stereocenters. The van der Waals surface area contributed by atoms with Crippen molar-refractivity contribution >= 4 is 11.6 Å². The van der Waals surface area contributed by atoms with Crippen LogP contribution in [0.4, 0.5) is 5.69 Å². The molecule has 0 aliphatic heterocycles. The van der Waals surface area contributed by atoms with E-state index in [0.29, 0.717) is 6.42 Å². The van der Waals surface area contributed by atoms with Crippen molar-refractivity contribution in [3.8, 4) is 0 Å². The van der Waals surface area contributed by atoms with E-state index in [1.165, 1.54) is 30.4 Å². The number of unbranched alkanes of at least 4 members (excludes halogenated alkanes) is 2. The van der Waals surface area contributed by atoms with Crippen LogP contribution in [0.2, 0.25) is 0 Å². The maximum atomic E-state index is 11.6. The van der Waals surface area contributed by atoms with Crippen LogP contribution in [0.5, 0.6) is 0 Å². The molecule has 0 atom stereocenters. The van der Waals surface area contributed by atoms with Gasteiger partial charge in [-0.05, 0) is 36.5 Å². The van der Waals surface area contributed by atoms with Crippen LogP contribution in [0.3, 0.4) is 0 Å². The summed E-state index contributed by atoms with van der Waals surface area (Å²) < 4.78 is 0. The zero-order valence-electron chi connectivity index (χ0n) is 13.9. The molecular weight excluding hydrogens is 246 g/mol. The number of aryl methyl sites for hydroxylation is 1. The molecule has 0 saturated heterocycles. The van der Waals surface area contributed by atoms with Gasteiger partial charge < -0.3 is 5.32 Å². The molecule has 2 nitrogen and oxygen atoms in total. The molecule has 0 fully saturated rings. The Balaban J connectivity index is 0. The molecule has 0 radical (unpaired) electrons. The van der Waals surface area contributed by atoms with Gasteiger partial charge in [-0.3, -0.25) is 4.79 Å². The topological polar surface area (TPSA) is 29.1 Å². The second-order valence-corrected chi connectivity index (χ2v) is 4.66. The van der Waals surface area contributed by atoms with Crippen molar-refractivity contribution in [1.29, 1.82) is 0 Å². The van der Waals surface area contributed by atoms with Gasteiger partial charge in [-0.1, -0.05) is 59.6 Å². The predicted molar refractivity (Wildman–Crippen MR) is 91.4 cm³/mol. The maximum Gasteiger partial charge on any atom is 0.224 e. The minimum Gasteiger partial charge on any atom is -0.326 e. The summed E-state index contributed by atoms with van der Waals surface area (Å²) >= 11 is 0. The van der Waals surface area contributed by atoms with Gasteiger partial charge in [0, 0.05) is 13.5 Å². The molecule has 0 aliphatic rings. The Labute approximate surface area is 126 Å². The van der Waals surface area contributed by atoms with Crippen molar-refractivity contribution in [2.75, 3.05) is 5.32 Å². The van der Waals surface area contributed by atoms with E-state index in [9.17, 15) is 4.79 Å². The average Bonchev–Trinajstić information content (AvgIpc) is 2.50. The fourth-order valence-corrected chi connectivity index (χ4v) is 2.17. The third kappa shape index (κ3) is 6.23. The summed E-state index contributed by atoms with van der Waals surface area (Å²) in [4.78, 5) is 11.6. The van der Waals surface area contributed by atoms with Gasteiger partial charge in [0.1, 0.15) is 0 Å². The minimum atomic E-state index is 0. The quantitative estimate of drug-likeness (QED) is 0.646. The molecule has 1 aromatic rings. The van der Waals surface area contributed by atoms with Crippen molar-refractivity contribution < 1.29 is 6.22 Å². The highest BCUT2D eigenvalue weighted by Gasteiger charge is 2.08. The van der Waals surface area contributed by atoms with Crippen molar-refractivity contribution in [3.63, 3.8) is 0 Å². The van der Waals surface area contributed by atoms with E-state index in [4.69, 9.17) is 0 Å². The van der Waals surface area contributed by atoms with E-state index in [2.05, 4.69) is 25.2 Å². The second kappa shape index (κ2) is 11.5. The Hall–Kier alpha value is -1.31. The van der Waals surface area contributed by atoms with Crippen molar-refractivity contribution in [1.82, 2.24) is 0 Å². The predicted octanol–water partition coefficient (Wildman–Crippen LogP) is 5.60. The molecule has 1 rings (SSSR count). The van der Waals surface area contributed by atoms with Crippen LogP contribution < -0.4 is 5.32 Å². The van der Waals surface area contributed by atoms with Crippen LogP contribution in [0, 0.1) is 0 Å². The smallest absolute Gasteiger partial charge is 0.224 e. The first kappa shape index (κ1) is 18.7. The lowest BCUT2D eigenvalue weighted by atomic mass is 9.97. The number of hydrogen-bond acceptors (Lipinski definition) is 1. The molecule has 0 spiro atoms. The SMILES string of the molecule is CC.CCCCCc1c(CC)cccc1NC(=O)CC.[HH]. The summed E-state index contributed by atoms with van der Waals surface area (Å²) in [5.41, 5.74) is 3.70. The lowest BCUT2D eigenvalue weighted by Gasteiger charge is -2.14. The van der Waals surface area contributed by atoms with Gasteiger partial charge in [0.05, 0.1) is 0 Å². The molecule has 2 heteroatoms. The van der Waals surface area contributed by atoms with E-state index in [-0.39, 0.29) is 7.33 Å². The Bertz CT molecular complexity index is 391. The first-order chi connectivity index (χ1) is 9.72. The molecule has 20 heavy (non-hydrogen) atoms. The van der Waals surface area contributed by atoms with Crippen molar-refractivity contribution in [2.45, 2.75) is 73.1 Å². The Kier molecular flexibility index (Phi) is 10.8. The Morgan fingerprint density at radius 3 is 2.40 bits per heavy atom. The summed E-state index contributed by atoms with van der Waals surface area (Å²) in [7, 11) is 0. The molecule has 116 valence electrons. The van der Waals surface area contributed by atoms with Crippen LogP contribution in [-0.4, -0.2) is 5.91 Å². The van der Waals surface area contributed by atoms with Crippen LogP contribution in [-0.2, 0) is 17.6 Å². The van der Waals surface area contributed by atoms with Gasteiger partial charge in [0.2, 0.25) is 5.91 Å². The molecule has 1 amide bonds. The van der Waals surface area contributed by atoms with Gasteiger partial charge in [-0.25, -0.2) is 0 Å². The van der Waals surface area contributed by atoms with Crippen LogP contribution >= 0.6 is 0 Å². The fraction of sp³-hybridized carbons (Fsp3) is 0.611.